The molecule has 0 aliphatic carbocycles. The van der Waals surface area contributed by atoms with Crippen molar-refractivity contribution in [3.05, 3.63) is 0 Å². The van der Waals surface area contributed by atoms with Gasteiger partial charge in [-0.15, -0.1) is 12.4 Å². The van der Waals surface area contributed by atoms with E-state index in [0.717, 1.165) is 13.8 Å². The second kappa shape index (κ2) is 16.5. The van der Waals surface area contributed by atoms with Crippen molar-refractivity contribution < 1.29 is 137 Å². The molecule has 0 saturated heterocycles. The van der Waals surface area contributed by atoms with E-state index in [1.165, 1.54) is 0 Å². The summed E-state index contributed by atoms with van der Waals surface area (Å²) >= 11 is 0. The third kappa shape index (κ3) is 16.2. The smallest absolute Gasteiger partial charge is 1.00 e. The molecule has 0 aromatic rings. The first-order chi connectivity index (χ1) is 8.56. The molecule has 0 amide bonds. The number of carboxylic acids is 1. The van der Waals surface area contributed by atoms with E-state index in [9.17, 15) is 29.1 Å². The average Bonchev–Trinajstić information content (AvgIpc) is 2.12. The summed E-state index contributed by atoms with van der Waals surface area (Å²) in [6.45, 7) is 1.81. The Labute approximate surface area is 208 Å². The van der Waals surface area contributed by atoms with Crippen LogP contribution in [-0.2, 0) is 33.4 Å². The first-order valence-electron chi connectivity index (χ1n) is 4.95. The topological polar surface area (TPSA) is 144 Å². The number of aliphatic hydroxyl groups is 1. The summed E-state index contributed by atoms with van der Waals surface area (Å²) in [5.41, 5.74) is -2.82. The van der Waals surface area contributed by atoms with Gasteiger partial charge in [0.1, 0.15) is 0 Å². The van der Waals surface area contributed by atoms with Crippen molar-refractivity contribution in [2.75, 3.05) is 0 Å². The maximum Gasteiger partial charge on any atom is 1.00 e. The van der Waals surface area contributed by atoms with Crippen LogP contribution in [0.5, 0.6) is 0 Å². The fourth-order valence-corrected chi connectivity index (χ4v) is 1.08. The molecule has 0 heterocycles. The number of ether oxygens (including phenoxy) is 2. The van der Waals surface area contributed by atoms with Gasteiger partial charge >= 0.3 is 119 Å². The van der Waals surface area contributed by atoms with Gasteiger partial charge in [0, 0.05) is 13.8 Å². The number of aliphatic carboxylic acids is 1. The Morgan fingerprint density at radius 3 is 1.30 bits per heavy atom. The number of hydrogen-bond acceptors (Lipinski definition) is 8. The molecule has 120 valence electrons. The monoisotopic (exact) mass is 384 g/mol. The zero-order valence-electron chi connectivity index (χ0n) is 16.6. The van der Waals surface area contributed by atoms with Crippen LogP contribution in [-0.4, -0.2) is 45.7 Å². The molecular weight excluding hydrogens is 369 g/mol. The van der Waals surface area contributed by atoms with Crippen molar-refractivity contribution in [2.24, 2.45) is 0 Å². The summed E-state index contributed by atoms with van der Waals surface area (Å²) in [6, 6.07) is 0. The number of hydrogen-bond donors (Lipinski definition) is 2. The number of carbonyl (C=O) groups is 5. The van der Waals surface area contributed by atoms with Crippen LogP contribution in [0.25, 0.3) is 0 Å². The fraction of sp³-hybridized carbons (Fsp3) is 0.500. The molecule has 0 aromatic heterocycles. The van der Waals surface area contributed by atoms with Gasteiger partial charge in [0.05, 0.1) is 12.8 Å². The summed E-state index contributed by atoms with van der Waals surface area (Å²) in [4.78, 5) is 54.0. The molecule has 0 rings (SSSR count). The van der Waals surface area contributed by atoms with E-state index in [-0.39, 0.29) is 105 Å². The van der Waals surface area contributed by atoms with Crippen molar-refractivity contribution in [2.45, 2.75) is 32.3 Å². The van der Waals surface area contributed by atoms with Gasteiger partial charge in [-0.2, -0.15) is 0 Å². The van der Waals surface area contributed by atoms with E-state index in [2.05, 4.69) is 9.47 Å². The minimum Gasteiger partial charge on any atom is -1.00 e. The van der Waals surface area contributed by atoms with Crippen LogP contribution in [0.1, 0.15) is 31.0 Å². The summed E-state index contributed by atoms with van der Waals surface area (Å²) in [5.74, 6) is -6.54. The summed E-state index contributed by atoms with van der Waals surface area (Å²) in [5, 5.41) is 18.4. The zero-order chi connectivity index (χ0) is 15.2. The van der Waals surface area contributed by atoms with Gasteiger partial charge in [-0.25, -0.2) is 4.79 Å². The van der Waals surface area contributed by atoms with Crippen LogP contribution in [0.2, 0.25) is 0 Å². The summed E-state index contributed by atoms with van der Waals surface area (Å²) in [6.07, 6.45) is -2.29. The summed E-state index contributed by atoms with van der Waals surface area (Å²) in [7, 11) is 0. The second-order valence-electron chi connectivity index (χ2n) is 3.62. The molecule has 0 unspecified atom stereocenters. The number of carbonyl (C=O) groups excluding carboxylic acids is 4. The Balaban J connectivity index is -0.0000000771. The normalized spacial score (nSPS) is 8.65. The molecule has 0 aliphatic heterocycles. The van der Waals surface area contributed by atoms with E-state index in [0.29, 0.717) is 0 Å². The molecule has 23 heavy (non-hydrogen) atoms. The van der Waals surface area contributed by atoms with Crippen LogP contribution in [0.4, 0.5) is 0 Å². The van der Waals surface area contributed by atoms with Crippen LogP contribution >= 0.6 is 12.4 Å². The first-order valence-corrected chi connectivity index (χ1v) is 4.95. The largest absolute Gasteiger partial charge is 1.00 e. The number of carboxylic acid groups (broad SMARTS) is 1. The molecule has 0 aromatic carbocycles. The number of esters is 4. The van der Waals surface area contributed by atoms with Crippen LogP contribution in [0.15, 0.2) is 0 Å². The van der Waals surface area contributed by atoms with E-state index in [1.807, 2.05) is 0 Å². The third-order valence-electron chi connectivity index (χ3n) is 1.79. The Hall–Kier alpha value is 1.000. The summed E-state index contributed by atoms with van der Waals surface area (Å²) < 4.78 is 8.08. The molecule has 0 bridgehead atoms. The SMILES string of the molecule is CC(=O)OC(=O)CC(O)(CC(=O)OC(C)=O)C(=O)O.Cl.[H-].[H-].[H-].[Na+].[Na+].[Na+]. The molecule has 0 radical (unpaired) electrons. The quantitative estimate of drug-likeness (QED) is 0.268. The molecule has 0 atom stereocenters. The molecule has 0 saturated carbocycles. The molecule has 9 nitrogen and oxygen atoms in total. The van der Waals surface area contributed by atoms with Gasteiger partial charge in [-0.05, 0) is 0 Å². The van der Waals surface area contributed by atoms with Gasteiger partial charge < -0.3 is 24.0 Å². The van der Waals surface area contributed by atoms with Gasteiger partial charge in [0.2, 0.25) is 0 Å². The predicted octanol–water partition coefficient (Wildman–Crippen LogP) is -9.47. The van der Waals surface area contributed by atoms with Gasteiger partial charge in [0.25, 0.3) is 0 Å². The molecule has 0 fully saturated rings. The minimum atomic E-state index is -2.82. The van der Waals surface area contributed by atoms with Crippen LogP contribution in [0.3, 0.4) is 0 Å². The van der Waals surface area contributed by atoms with Gasteiger partial charge in [-0.3, -0.25) is 19.2 Å². The minimum absolute atomic E-state index is 0. The van der Waals surface area contributed by atoms with E-state index in [1.54, 1.807) is 0 Å². The van der Waals surface area contributed by atoms with Crippen molar-refractivity contribution >= 4 is 42.3 Å². The average molecular weight is 385 g/mol. The Morgan fingerprint density at radius 2 is 1.13 bits per heavy atom. The van der Waals surface area contributed by atoms with Crippen molar-refractivity contribution in [3.63, 3.8) is 0 Å². The van der Waals surface area contributed by atoms with Gasteiger partial charge in [-0.1, -0.05) is 0 Å². The fourth-order valence-electron chi connectivity index (χ4n) is 1.08. The number of rotatable bonds is 5. The van der Waals surface area contributed by atoms with Crippen LogP contribution < -0.4 is 88.7 Å². The van der Waals surface area contributed by atoms with E-state index >= 15 is 0 Å². The van der Waals surface area contributed by atoms with Gasteiger partial charge in [0.15, 0.2) is 5.60 Å². The predicted molar refractivity (Wildman–Crippen MR) is 65.9 cm³/mol. The molecular formula is C10H16ClNa3O9. The Kier molecular flexibility index (Phi) is 25.2. The second-order valence-corrected chi connectivity index (χ2v) is 3.62. The van der Waals surface area contributed by atoms with E-state index in [4.69, 9.17) is 5.11 Å². The molecule has 13 heteroatoms. The van der Waals surface area contributed by atoms with Crippen molar-refractivity contribution in [1.29, 1.82) is 0 Å². The molecule has 0 aliphatic rings. The Morgan fingerprint density at radius 1 is 0.870 bits per heavy atom. The van der Waals surface area contributed by atoms with Crippen LogP contribution in [0, 0.1) is 0 Å². The van der Waals surface area contributed by atoms with E-state index < -0.39 is 48.3 Å². The molecule has 0 spiro atoms. The zero-order valence-corrected chi connectivity index (χ0v) is 20.4. The Bertz CT molecular complexity index is 425. The standard InChI is InChI=1S/C10H12O9.ClH.3Na.3H/c1-5(11)18-7(13)3-10(17,9(15)16)4-8(14)19-6(2)12;;;;;;;/h17H,3-4H2,1-2H3,(H,15,16);1H;;;;;;/q;;3*+1;3*-1. The van der Waals surface area contributed by atoms with Crippen molar-refractivity contribution in [1.82, 2.24) is 0 Å². The van der Waals surface area contributed by atoms with Crippen molar-refractivity contribution in [3.8, 4) is 0 Å². The number of halogens is 1. The molecule has 2 N–H and O–H groups in total. The first kappa shape index (κ1) is 35.2. The maximum absolute atomic E-state index is 11.1. The maximum atomic E-state index is 11.1. The third-order valence-corrected chi connectivity index (χ3v) is 1.79.